The summed E-state index contributed by atoms with van der Waals surface area (Å²) >= 11 is 0. The summed E-state index contributed by atoms with van der Waals surface area (Å²) < 4.78 is 5.44. The average Bonchev–Trinajstić information content (AvgIpc) is 2.57. The number of anilines is 1. The van der Waals surface area contributed by atoms with Crippen molar-refractivity contribution in [2.75, 3.05) is 11.5 Å². The molecule has 0 spiro atoms. The van der Waals surface area contributed by atoms with Crippen molar-refractivity contribution >= 4 is 11.6 Å². The van der Waals surface area contributed by atoms with E-state index in [0.717, 1.165) is 11.1 Å². The molecule has 1 N–H and O–H groups in total. The number of nitriles is 1. The molecular weight excluding hydrogens is 280 g/mol. The molecule has 0 radical (unpaired) electrons. The predicted molar refractivity (Wildman–Crippen MR) is 80.2 cm³/mol. The van der Waals surface area contributed by atoms with Crippen molar-refractivity contribution in [3.63, 3.8) is 0 Å². The van der Waals surface area contributed by atoms with Crippen molar-refractivity contribution in [3.8, 4) is 11.8 Å². The lowest BCUT2D eigenvalue weighted by Gasteiger charge is -2.29. The highest BCUT2D eigenvalue weighted by molar-refractivity contribution is 5.97. The van der Waals surface area contributed by atoms with Crippen molar-refractivity contribution in [3.05, 3.63) is 59.2 Å². The highest BCUT2D eigenvalue weighted by Crippen LogP contribution is 2.34. The number of carbonyl (C=O) groups is 1. The lowest BCUT2D eigenvalue weighted by Crippen LogP contribution is -2.38. The number of hydrogen-bond donors (Lipinski definition) is 1. The van der Waals surface area contributed by atoms with Gasteiger partial charge in [0.15, 0.2) is 6.61 Å². The monoisotopic (exact) mass is 294 g/mol. The fraction of sp³-hybridized carbons (Fsp3) is 0.176. The van der Waals surface area contributed by atoms with Crippen LogP contribution in [0.25, 0.3) is 0 Å². The van der Waals surface area contributed by atoms with E-state index >= 15 is 0 Å². The minimum atomic E-state index is -0.133. The summed E-state index contributed by atoms with van der Waals surface area (Å²) in [5.74, 6) is 0.453. The van der Waals surface area contributed by atoms with E-state index in [2.05, 4.69) is 6.07 Å². The summed E-state index contributed by atoms with van der Waals surface area (Å²) in [6, 6.07) is 14.5. The van der Waals surface area contributed by atoms with Crippen molar-refractivity contribution in [1.82, 2.24) is 0 Å². The third kappa shape index (κ3) is 2.65. The molecule has 0 saturated carbocycles. The number of aliphatic hydroxyl groups is 1. The molecule has 0 atom stereocenters. The van der Waals surface area contributed by atoms with Crippen LogP contribution in [0.1, 0.15) is 16.7 Å². The molecule has 22 heavy (non-hydrogen) atoms. The maximum absolute atomic E-state index is 12.2. The SMILES string of the molecule is N#Cc1cccc(CN2C(=O)COc3cc(CO)ccc32)c1. The number of ether oxygens (including phenoxy) is 1. The number of carbonyl (C=O) groups excluding carboxylic acids is 1. The Balaban J connectivity index is 1.93. The molecule has 5 heteroatoms. The van der Waals surface area contributed by atoms with Crippen LogP contribution in [-0.2, 0) is 17.9 Å². The van der Waals surface area contributed by atoms with E-state index in [1.165, 1.54) is 0 Å². The molecule has 0 bridgehead atoms. The molecular formula is C17H14N2O3. The molecule has 2 aromatic carbocycles. The van der Waals surface area contributed by atoms with Gasteiger partial charge in [0.2, 0.25) is 0 Å². The Kier molecular flexibility index (Phi) is 3.77. The summed E-state index contributed by atoms with van der Waals surface area (Å²) in [5, 5.41) is 18.1. The number of nitrogens with zero attached hydrogens (tertiary/aromatic N) is 2. The second-order valence-electron chi connectivity index (χ2n) is 5.04. The molecule has 5 nitrogen and oxygen atoms in total. The normalized spacial score (nSPS) is 13.3. The van der Waals surface area contributed by atoms with Gasteiger partial charge in [-0.1, -0.05) is 18.2 Å². The first-order valence-corrected chi connectivity index (χ1v) is 6.87. The number of hydrogen-bond acceptors (Lipinski definition) is 4. The first-order valence-electron chi connectivity index (χ1n) is 6.87. The minimum absolute atomic E-state index is 0.0280. The average molecular weight is 294 g/mol. The largest absolute Gasteiger partial charge is 0.482 e. The maximum Gasteiger partial charge on any atom is 0.265 e. The molecule has 2 aromatic rings. The van der Waals surface area contributed by atoms with Gasteiger partial charge in [-0.15, -0.1) is 0 Å². The van der Waals surface area contributed by atoms with Crippen molar-refractivity contribution in [2.24, 2.45) is 0 Å². The van der Waals surface area contributed by atoms with Crippen LogP contribution in [0.15, 0.2) is 42.5 Å². The fourth-order valence-electron chi connectivity index (χ4n) is 2.44. The molecule has 1 heterocycles. The van der Waals surface area contributed by atoms with E-state index in [0.29, 0.717) is 23.5 Å². The van der Waals surface area contributed by atoms with Gasteiger partial charge >= 0.3 is 0 Å². The number of benzene rings is 2. The molecule has 3 rings (SSSR count). The summed E-state index contributed by atoms with van der Waals surface area (Å²) in [5.41, 5.74) is 2.86. The van der Waals surface area contributed by atoms with Crippen molar-refractivity contribution in [2.45, 2.75) is 13.2 Å². The summed E-state index contributed by atoms with van der Waals surface area (Å²) in [6.45, 7) is 0.276. The van der Waals surface area contributed by atoms with Crippen molar-refractivity contribution in [1.29, 1.82) is 5.26 Å². The van der Waals surface area contributed by atoms with Gasteiger partial charge in [0.1, 0.15) is 5.75 Å². The van der Waals surface area contributed by atoms with Crippen molar-refractivity contribution < 1.29 is 14.6 Å². The van der Waals surface area contributed by atoms with E-state index in [9.17, 15) is 9.90 Å². The standard InChI is InChI=1S/C17H14N2O3/c18-8-12-2-1-3-13(6-12)9-19-15-5-4-14(10-20)7-16(15)22-11-17(19)21/h1-7,20H,9-11H2. The number of aliphatic hydroxyl groups excluding tert-OH is 1. The van der Waals surface area contributed by atoms with E-state index in [4.69, 9.17) is 10.00 Å². The Labute approximate surface area is 128 Å². The molecule has 0 aromatic heterocycles. The summed E-state index contributed by atoms with van der Waals surface area (Å²) in [7, 11) is 0. The zero-order chi connectivity index (χ0) is 15.5. The Hall–Kier alpha value is -2.84. The fourth-order valence-corrected chi connectivity index (χ4v) is 2.44. The first-order chi connectivity index (χ1) is 10.7. The molecule has 0 fully saturated rings. The van der Waals surface area contributed by atoms with Gasteiger partial charge in [-0.05, 0) is 35.4 Å². The molecule has 0 aliphatic carbocycles. The topological polar surface area (TPSA) is 73.6 Å². The Morgan fingerprint density at radius 3 is 2.86 bits per heavy atom. The summed E-state index contributed by atoms with van der Waals surface area (Å²) in [4.78, 5) is 13.8. The second-order valence-corrected chi connectivity index (χ2v) is 5.04. The van der Waals surface area contributed by atoms with Crippen LogP contribution < -0.4 is 9.64 Å². The molecule has 1 aliphatic heterocycles. The van der Waals surface area contributed by atoms with Gasteiger partial charge < -0.3 is 14.7 Å². The highest BCUT2D eigenvalue weighted by atomic mass is 16.5. The second kappa shape index (κ2) is 5.88. The van der Waals surface area contributed by atoms with Gasteiger partial charge in [-0.3, -0.25) is 4.79 Å². The smallest absolute Gasteiger partial charge is 0.265 e. The van der Waals surface area contributed by atoms with E-state index in [1.54, 1.807) is 41.3 Å². The third-order valence-electron chi connectivity index (χ3n) is 3.55. The van der Waals surface area contributed by atoms with Gasteiger partial charge in [-0.2, -0.15) is 5.26 Å². The number of rotatable bonds is 3. The zero-order valence-corrected chi connectivity index (χ0v) is 11.8. The molecule has 1 amide bonds. The van der Waals surface area contributed by atoms with E-state index in [1.807, 2.05) is 6.07 Å². The molecule has 1 aliphatic rings. The van der Waals surface area contributed by atoms with E-state index in [-0.39, 0.29) is 19.1 Å². The zero-order valence-electron chi connectivity index (χ0n) is 11.8. The molecule has 110 valence electrons. The van der Waals surface area contributed by atoms with Crippen LogP contribution >= 0.6 is 0 Å². The van der Waals surface area contributed by atoms with Gasteiger partial charge in [0, 0.05) is 0 Å². The van der Waals surface area contributed by atoms with Gasteiger partial charge in [0.25, 0.3) is 5.91 Å². The lowest BCUT2D eigenvalue weighted by molar-refractivity contribution is -0.121. The Morgan fingerprint density at radius 1 is 1.23 bits per heavy atom. The van der Waals surface area contributed by atoms with Gasteiger partial charge in [-0.25, -0.2) is 0 Å². The van der Waals surface area contributed by atoms with Crippen LogP contribution in [0, 0.1) is 11.3 Å². The van der Waals surface area contributed by atoms with Crippen LogP contribution in [-0.4, -0.2) is 17.6 Å². The quantitative estimate of drug-likeness (QED) is 0.939. The van der Waals surface area contributed by atoms with Gasteiger partial charge in [0.05, 0.1) is 30.5 Å². The first kappa shape index (κ1) is 14.1. The van der Waals surface area contributed by atoms with E-state index < -0.39 is 0 Å². The van der Waals surface area contributed by atoms with Crippen LogP contribution in [0.3, 0.4) is 0 Å². The molecule has 0 unspecified atom stereocenters. The lowest BCUT2D eigenvalue weighted by atomic mass is 10.1. The highest BCUT2D eigenvalue weighted by Gasteiger charge is 2.25. The van der Waals surface area contributed by atoms with Crippen LogP contribution in [0.2, 0.25) is 0 Å². The summed E-state index contributed by atoms with van der Waals surface area (Å²) in [6.07, 6.45) is 0. The Bertz CT molecular complexity index is 765. The minimum Gasteiger partial charge on any atom is -0.482 e. The molecule has 0 saturated heterocycles. The number of fused-ring (bicyclic) bond motifs is 1. The Morgan fingerprint density at radius 2 is 2.09 bits per heavy atom. The van der Waals surface area contributed by atoms with Crippen LogP contribution in [0.5, 0.6) is 5.75 Å². The maximum atomic E-state index is 12.2. The third-order valence-corrected chi connectivity index (χ3v) is 3.55. The predicted octanol–water partition coefficient (Wildman–Crippen LogP) is 1.98. The van der Waals surface area contributed by atoms with Crippen LogP contribution in [0.4, 0.5) is 5.69 Å². The number of amides is 1.